The smallest absolute Gasteiger partial charge is 0.266 e. The molecule has 1 amide bonds. The van der Waals surface area contributed by atoms with Crippen LogP contribution in [0.25, 0.3) is 11.7 Å². The lowest BCUT2D eigenvalue weighted by Gasteiger charge is -2.33. The van der Waals surface area contributed by atoms with E-state index in [1.807, 2.05) is 16.8 Å². The minimum atomic E-state index is -0.0370. The number of hydrogen-bond acceptors (Lipinski definition) is 6. The molecule has 1 aliphatic rings. The molecule has 0 atom stereocenters. The van der Waals surface area contributed by atoms with Crippen LogP contribution in [0.2, 0.25) is 0 Å². The van der Waals surface area contributed by atoms with Crippen LogP contribution >= 0.6 is 0 Å². The summed E-state index contributed by atoms with van der Waals surface area (Å²) in [5.74, 6) is 1.35. The molecule has 31 heavy (non-hydrogen) atoms. The lowest BCUT2D eigenvalue weighted by molar-refractivity contribution is -0.135. The number of carbonyl (C=O) groups excluding carboxylic acids is 1. The summed E-state index contributed by atoms with van der Waals surface area (Å²) < 4.78 is 11.2. The number of hydrogen-bond donors (Lipinski definition) is 0. The summed E-state index contributed by atoms with van der Waals surface area (Å²) in [6, 6.07) is 11.9. The molecule has 1 aliphatic heterocycles. The van der Waals surface area contributed by atoms with Gasteiger partial charge in [0.15, 0.2) is 5.76 Å². The molecule has 160 valence electrons. The molecule has 1 fully saturated rings. The molecule has 0 radical (unpaired) electrons. The number of aromatic nitrogens is 1. The number of piperidine rings is 1. The van der Waals surface area contributed by atoms with E-state index in [0.717, 1.165) is 0 Å². The van der Waals surface area contributed by atoms with E-state index in [-0.39, 0.29) is 17.5 Å². The van der Waals surface area contributed by atoms with Gasteiger partial charge in [-0.3, -0.25) is 4.79 Å². The first-order valence-electron chi connectivity index (χ1n) is 10.5. The van der Waals surface area contributed by atoms with Gasteiger partial charge in [0.05, 0.1) is 6.26 Å². The van der Waals surface area contributed by atoms with Crippen LogP contribution in [0.1, 0.15) is 35.2 Å². The summed E-state index contributed by atoms with van der Waals surface area (Å²) in [4.78, 5) is 21.1. The summed E-state index contributed by atoms with van der Waals surface area (Å²) in [6.45, 7) is 6.03. The Bertz CT molecular complexity index is 1100. The third-order valence-electron chi connectivity index (χ3n) is 5.86. The van der Waals surface area contributed by atoms with E-state index < -0.39 is 0 Å². The fraction of sp³-hybridized carbons (Fsp3) is 0.375. The fourth-order valence-electron chi connectivity index (χ4n) is 4.10. The Morgan fingerprint density at radius 1 is 1.29 bits per heavy atom. The van der Waals surface area contributed by atoms with Crippen LogP contribution < -0.4 is 4.90 Å². The predicted octanol–water partition coefficient (Wildman–Crippen LogP) is 4.30. The highest BCUT2D eigenvalue weighted by Crippen LogP contribution is 2.31. The van der Waals surface area contributed by atoms with Gasteiger partial charge in [0.25, 0.3) is 5.89 Å². The Kier molecular flexibility index (Phi) is 5.81. The normalized spacial score (nSPS) is 14.5. The molecule has 7 nitrogen and oxygen atoms in total. The van der Waals surface area contributed by atoms with Crippen LogP contribution in [0.5, 0.6) is 0 Å². The van der Waals surface area contributed by atoms with Crippen LogP contribution in [-0.2, 0) is 11.3 Å². The third kappa shape index (κ3) is 4.33. The molecule has 0 spiro atoms. The second-order valence-electron chi connectivity index (χ2n) is 8.15. The van der Waals surface area contributed by atoms with Crippen molar-refractivity contribution in [2.45, 2.75) is 33.2 Å². The molecule has 0 N–H and O–H groups in total. The lowest BCUT2D eigenvalue weighted by Crippen LogP contribution is -2.41. The zero-order valence-electron chi connectivity index (χ0n) is 18.1. The molecule has 0 bridgehead atoms. The molecule has 1 aromatic carbocycles. The number of rotatable bonds is 5. The number of aryl methyl sites for hydroxylation is 2. The number of oxazole rings is 1. The number of amides is 1. The maximum atomic E-state index is 13.0. The van der Waals surface area contributed by atoms with E-state index in [0.29, 0.717) is 50.0 Å². The van der Waals surface area contributed by atoms with Crippen molar-refractivity contribution >= 4 is 11.8 Å². The maximum absolute atomic E-state index is 13.0. The molecule has 3 aromatic rings. The average molecular weight is 418 g/mol. The van der Waals surface area contributed by atoms with Gasteiger partial charge in [-0.25, -0.2) is 0 Å². The van der Waals surface area contributed by atoms with Gasteiger partial charge in [-0.05, 0) is 49.9 Å². The Balaban J connectivity index is 1.39. The van der Waals surface area contributed by atoms with E-state index in [1.165, 1.54) is 23.0 Å². The van der Waals surface area contributed by atoms with Crippen molar-refractivity contribution in [3.05, 3.63) is 59.0 Å². The van der Waals surface area contributed by atoms with Gasteiger partial charge in [-0.2, -0.15) is 10.2 Å². The summed E-state index contributed by atoms with van der Waals surface area (Å²) >= 11 is 0. The zero-order chi connectivity index (χ0) is 22.0. The van der Waals surface area contributed by atoms with E-state index in [2.05, 4.69) is 43.1 Å². The van der Waals surface area contributed by atoms with Gasteiger partial charge >= 0.3 is 0 Å². The van der Waals surface area contributed by atoms with Crippen molar-refractivity contribution < 1.29 is 13.6 Å². The summed E-state index contributed by atoms with van der Waals surface area (Å²) in [5.41, 5.74) is 3.84. The Hall–Kier alpha value is -3.53. The van der Waals surface area contributed by atoms with Gasteiger partial charge in [-0.1, -0.05) is 23.8 Å². The van der Waals surface area contributed by atoms with Crippen molar-refractivity contribution in [3.63, 3.8) is 0 Å². The fourth-order valence-corrected chi connectivity index (χ4v) is 4.10. The molecular weight excluding hydrogens is 392 g/mol. The number of nitrogens with zero attached hydrogens (tertiary/aromatic N) is 4. The largest absolute Gasteiger partial charge is 0.459 e. The molecule has 4 rings (SSSR count). The first-order chi connectivity index (χ1) is 15.0. The lowest BCUT2D eigenvalue weighted by atomic mass is 9.95. The molecule has 7 heteroatoms. The van der Waals surface area contributed by atoms with Crippen LogP contribution in [0.15, 0.2) is 45.4 Å². The second-order valence-corrected chi connectivity index (χ2v) is 8.15. The van der Waals surface area contributed by atoms with Crippen molar-refractivity contribution in [2.24, 2.45) is 5.92 Å². The van der Waals surface area contributed by atoms with Crippen molar-refractivity contribution in [1.82, 2.24) is 9.88 Å². The predicted molar refractivity (Wildman–Crippen MR) is 116 cm³/mol. The summed E-state index contributed by atoms with van der Waals surface area (Å²) in [7, 11) is 1.87. The standard InChI is InChI=1S/C24H26N4O3/c1-16-6-7-19(17(2)13-16)15-27(3)23(29)18-8-10-28(11-9-18)24-20(14-25)26-22(31-24)21-5-4-12-30-21/h4-7,12-13,18H,8-11,15H2,1-3H3. The monoisotopic (exact) mass is 418 g/mol. The minimum absolute atomic E-state index is 0.0370. The topological polar surface area (TPSA) is 86.5 Å². The van der Waals surface area contributed by atoms with Gasteiger partial charge in [0.2, 0.25) is 17.5 Å². The molecule has 0 saturated carbocycles. The molecule has 3 heterocycles. The average Bonchev–Trinajstić information content (AvgIpc) is 3.45. The van der Waals surface area contributed by atoms with E-state index >= 15 is 0 Å². The SMILES string of the molecule is Cc1ccc(CN(C)C(=O)C2CCN(c3oc(-c4ccco4)nc3C#N)CC2)c(C)c1. The number of carbonyl (C=O) groups is 1. The highest BCUT2D eigenvalue weighted by molar-refractivity contribution is 5.79. The Morgan fingerprint density at radius 2 is 2.06 bits per heavy atom. The van der Waals surface area contributed by atoms with E-state index in [1.54, 1.807) is 12.1 Å². The first kappa shape index (κ1) is 20.7. The van der Waals surface area contributed by atoms with Gasteiger partial charge in [0.1, 0.15) is 6.07 Å². The Morgan fingerprint density at radius 3 is 2.71 bits per heavy atom. The van der Waals surface area contributed by atoms with Gasteiger partial charge in [-0.15, -0.1) is 0 Å². The minimum Gasteiger partial charge on any atom is -0.459 e. The van der Waals surface area contributed by atoms with Crippen LogP contribution in [0, 0.1) is 31.1 Å². The van der Waals surface area contributed by atoms with Crippen molar-refractivity contribution in [1.29, 1.82) is 5.26 Å². The van der Waals surface area contributed by atoms with E-state index in [9.17, 15) is 10.1 Å². The highest BCUT2D eigenvalue weighted by atomic mass is 16.4. The molecule has 2 aromatic heterocycles. The Labute approximate surface area is 181 Å². The number of furan rings is 1. The van der Waals surface area contributed by atoms with E-state index in [4.69, 9.17) is 8.83 Å². The van der Waals surface area contributed by atoms with Crippen LogP contribution in [0.4, 0.5) is 5.88 Å². The zero-order valence-corrected chi connectivity index (χ0v) is 18.1. The third-order valence-corrected chi connectivity index (χ3v) is 5.86. The van der Waals surface area contributed by atoms with Crippen LogP contribution in [-0.4, -0.2) is 35.9 Å². The highest BCUT2D eigenvalue weighted by Gasteiger charge is 2.30. The molecule has 0 aliphatic carbocycles. The molecular formula is C24H26N4O3. The molecule has 1 saturated heterocycles. The first-order valence-corrected chi connectivity index (χ1v) is 10.5. The summed E-state index contributed by atoms with van der Waals surface area (Å²) in [5, 5.41) is 9.46. The molecule has 0 unspecified atom stereocenters. The maximum Gasteiger partial charge on any atom is 0.266 e. The summed E-state index contributed by atoms with van der Waals surface area (Å²) in [6.07, 6.45) is 2.95. The van der Waals surface area contributed by atoms with Gasteiger partial charge in [0, 0.05) is 32.6 Å². The van der Waals surface area contributed by atoms with Gasteiger partial charge < -0.3 is 18.6 Å². The quantitative estimate of drug-likeness (QED) is 0.614. The van der Waals surface area contributed by atoms with Crippen molar-refractivity contribution in [3.8, 4) is 17.7 Å². The number of benzene rings is 1. The van der Waals surface area contributed by atoms with Crippen LogP contribution in [0.3, 0.4) is 0 Å². The second kappa shape index (κ2) is 8.68. The number of anilines is 1. The number of nitriles is 1. The van der Waals surface area contributed by atoms with Crippen molar-refractivity contribution in [2.75, 3.05) is 25.0 Å².